The van der Waals surface area contributed by atoms with Gasteiger partial charge in [0.1, 0.15) is 5.60 Å². The number of hydrogen-bond acceptors (Lipinski definition) is 5. The van der Waals surface area contributed by atoms with Gasteiger partial charge in [-0.3, -0.25) is 4.99 Å². The van der Waals surface area contributed by atoms with Crippen molar-refractivity contribution in [1.29, 1.82) is 0 Å². The summed E-state index contributed by atoms with van der Waals surface area (Å²) in [6.45, 7) is 13.4. The smallest absolute Gasteiger partial charge is 0.407 e. The van der Waals surface area contributed by atoms with Crippen molar-refractivity contribution in [2.75, 3.05) is 32.4 Å². The van der Waals surface area contributed by atoms with E-state index in [-0.39, 0.29) is 6.04 Å². The molecule has 0 aromatic heterocycles. The molecule has 3 N–H and O–H groups in total. The maximum Gasteiger partial charge on any atom is 0.407 e. The van der Waals surface area contributed by atoms with E-state index in [2.05, 4.69) is 25.2 Å². The predicted molar refractivity (Wildman–Crippen MR) is 107 cm³/mol. The summed E-state index contributed by atoms with van der Waals surface area (Å²) in [5.74, 6) is 0.703. The molecular formula is C17H35N5O4S. The molecule has 0 radical (unpaired) electrons. The van der Waals surface area contributed by atoms with Gasteiger partial charge in [-0.1, -0.05) is 0 Å². The topological polar surface area (TPSA) is 112 Å². The molecule has 1 heterocycles. The van der Waals surface area contributed by atoms with Crippen LogP contribution >= 0.6 is 0 Å². The van der Waals surface area contributed by atoms with Crippen LogP contribution in [0.15, 0.2) is 4.99 Å². The Hall–Kier alpha value is -1.55. The zero-order valence-electron chi connectivity index (χ0n) is 17.5. The van der Waals surface area contributed by atoms with Gasteiger partial charge in [-0.05, 0) is 48.0 Å². The van der Waals surface area contributed by atoms with Crippen molar-refractivity contribution in [3.8, 4) is 0 Å². The lowest BCUT2D eigenvalue weighted by Crippen LogP contribution is -2.47. The van der Waals surface area contributed by atoms with Crippen molar-refractivity contribution in [2.24, 2.45) is 4.99 Å². The molecule has 1 unspecified atom stereocenters. The molecule has 10 heteroatoms. The molecule has 158 valence electrons. The normalized spacial score (nSPS) is 19.1. The van der Waals surface area contributed by atoms with Gasteiger partial charge in [0.2, 0.25) is 10.0 Å². The number of nitrogens with zero attached hydrogens (tertiary/aromatic N) is 2. The Bertz CT molecular complexity index is 640. The van der Waals surface area contributed by atoms with Gasteiger partial charge in [-0.15, -0.1) is 0 Å². The Morgan fingerprint density at radius 1 is 1.26 bits per heavy atom. The van der Waals surface area contributed by atoms with Crippen LogP contribution in [0.25, 0.3) is 0 Å². The second-order valence-electron chi connectivity index (χ2n) is 8.51. The Kier molecular flexibility index (Phi) is 7.91. The molecule has 1 aliphatic heterocycles. The van der Waals surface area contributed by atoms with Crippen molar-refractivity contribution in [1.82, 2.24) is 20.3 Å². The first-order chi connectivity index (χ1) is 12.2. The lowest BCUT2D eigenvalue weighted by Gasteiger charge is -2.26. The largest absolute Gasteiger partial charge is 0.444 e. The highest BCUT2D eigenvalue weighted by Gasteiger charge is 2.29. The number of carbonyl (C=O) groups excluding carboxylic acids is 1. The minimum atomic E-state index is -3.31. The number of likely N-dealkylation sites (tertiary alicyclic amines) is 1. The van der Waals surface area contributed by atoms with Crippen LogP contribution in [0.5, 0.6) is 0 Å². The van der Waals surface area contributed by atoms with Crippen molar-refractivity contribution < 1.29 is 17.9 Å². The third kappa shape index (κ3) is 9.81. The van der Waals surface area contributed by atoms with E-state index >= 15 is 0 Å². The molecule has 0 spiro atoms. The molecule has 1 amide bonds. The SMILES string of the molecule is CCNC(=NCC(C)(C)NS(C)(=O)=O)N1CCC(NC(=O)OC(C)(C)C)C1. The van der Waals surface area contributed by atoms with Crippen molar-refractivity contribution in [2.45, 2.75) is 65.1 Å². The summed E-state index contributed by atoms with van der Waals surface area (Å²) in [4.78, 5) is 18.6. The Balaban J connectivity index is 2.69. The molecule has 1 fully saturated rings. The number of nitrogens with one attached hydrogen (secondary N) is 3. The van der Waals surface area contributed by atoms with Crippen LogP contribution in [-0.2, 0) is 14.8 Å². The number of sulfonamides is 1. The maximum atomic E-state index is 11.9. The Morgan fingerprint density at radius 2 is 1.89 bits per heavy atom. The van der Waals surface area contributed by atoms with Crippen molar-refractivity contribution >= 4 is 22.1 Å². The summed E-state index contributed by atoms with van der Waals surface area (Å²) in [5.41, 5.74) is -1.22. The molecule has 9 nitrogen and oxygen atoms in total. The second-order valence-corrected chi connectivity index (χ2v) is 10.3. The standard InChI is InChI=1S/C17H35N5O4S/c1-8-18-14(19-12-17(5,6)21-27(7,24)25)22-10-9-13(11-22)20-15(23)26-16(2,3)4/h13,21H,8-12H2,1-7H3,(H,18,19)(H,20,23). The molecule has 1 rings (SSSR count). The summed E-state index contributed by atoms with van der Waals surface area (Å²) in [6.07, 6.45) is 1.50. The first kappa shape index (κ1) is 23.5. The number of aliphatic imine (C=N–C) groups is 1. The molecule has 1 atom stereocenters. The minimum Gasteiger partial charge on any atom is -0.444 e. The van der Waals surface area contributed by atoms with Gasteiger partial charge in [0.05, 0.1) is 18.8 Å². The lowest BCUT2D eigenvalue weighted by molar-refractivity contribution is 0.0507. The van der Waals surface area contributed by atoms with Crippen LogP contribution in [0.3, 0.4) is 0 Å². The molecule has 0 saturated carbocycles. The molecular weight excluding hydrogens is 370 g/mol. The number of amides is 1. The quantitative estimate of drug-likeness (QED) is 0.447. The summed E-state index contributed by atoms with van der Waals surface area (Å²) in [6, 6.07) is -0.0224. The third-order valence-electron chi connectivity index (χ3n) is 3.63. The van der Waals surface area contributed by atoms with E-state index < -0.39 is 27.3 Å². The average Bonchev–Trinajstić information content (AvgIpc) is 2.86. The molecule has 1 saturated heterocycles. The fraction of sp³-hybridized carbons (Fsp3) is 0.882. The van der Waals surface area contributed by atoms with Gasteiger partial charge in [-0.25, -0.2) is 17.9 Å². The molecule has 0 aromatic carbocycles. The van der Waals surface area contributed by atoms with Gasteiger partial charge in [-0.2, -0.15) is 0 Å². The fourth-order valence-electron chi connectivity index (χ4n) is 2.78. The summed E-state index contributed by atoms with van der Waals surface area (Å²) in [7, 11) is -3.31. The summed E-state index contributed by atoms with van der Waals surface area (Å²) < 4.78 is 30.8. The first-order valence-electron chi connectivity index (χ1n) is 9.22. The van der Waals surface area contributed by atoms with E-state index in [1.54, 1.807) is 13.8 Å². The van der Waals surface area contributed by atoms with Crippen molar-refractivity contribution in [3.05, 3.63) is 0 Å². The highest BCUT2D eigenvalue weighted by atomic mass is 32.2. The van der Waals surface area contributed by atoms with E-state index in [1.807, 2.05) is 27.7 Å². The summed E-state index contributed by atoms with van der Waals surface area (Å²) >= 11 is 0. The lowest BCUT2D eigenvalue weighted by atomic mass is 10.1. The van der Waals surface area contributed by atoms with Crippen LogP contribution in [0, 0.1) is 0 Å². The van der Waals surface area contributed by atoms with Crippen LogP contribution < -0.4 is 15.4 Å². The fourth-order valence-corrected chi connectivity index (χ4v) is 3.85. The number of guanidine groups is 1. The van der Waals surface area contributed by atoms with E-state index in [4.69, 9.17) is 4.74 Å². The van der Waals surface area contributed by atoms with Gasteiger partial charge in [0.15, 0.2) is 5.96 Å². The van der Waals surface area contributed by atoms with Gasteiger partial charge < -0.3 is 20.3 Å². The van der Waals surface area contributed by atoms with Crippen LogP contribution in [0.1, 0.15) is 48.0 Å². The number of alkyl carbamates (subject to hydrolysis) is 1. The van der Waals surface area contributed by atoms with Crippen LogP contribution in [-0.4, -0.2) is 75.0 Å². The summed E-state index contributed by atoms with van der Waals surface area (Å²) in [5, 5.41) is 6.12. The molecule has 1 aliphatic rings. The molecule has 0 aliphatic carbocycles. The average molecular weight is 406 g/mol. The maximum absolute atomic E-state index is 11.9. The van der Waals surface area contributed by atoms with Crippen LogP contribution in [0.4, 0.5) is 4.79 Å². The van der Waals surface area contributed by atoms with E-state index in [0.717, 1.165) is 19.2 Å². The molecule has 0 aromatic rings. The number of rotatable bonds is 6. The van der Waals surface area contributed by atoms with Gasteiger partial charge >= 0.3 is 6.09 Å². The van der Waals surface area contributed by atoms with E-state index in [1.165, 1.54) is 0 Å². The monoisotopic (exact) mass is 405 g/mol. The second kappa shape index (κ2) is 9.09. The highest BCUT2D eigenvalue weighted by molar-refractivity contribution is 7.88. The number of ether oxygens (including phenoxy) is 1. The van der Waals surface area contributed by atoms with Gasteiger partial charge in [0.25, 0.3) is 0 Å². The highest BCUT2D eigenvalue weighted by Crippen LogP contribution is 2.13. The minimum absolute atomic E-state index is 0.0224. The zero-order valence-corrected chi connectivity index (χ0v) is 18.4. The number of carbonyl (C=O) groups is 1. The van der Waals surface area contributed by atoms with Crippen LogP contribution in [0.2, 0.25) is 0 Å². The first-order valence-corrected chi connectivity index (χ1v) is 11.1. The van der Waals surface area contributed by atoms with E-state index in [0.29, 0.717) is 25.6 Å². The molecule has 0 bridgehead atoms. The van der Waals surface area contributed by atoms with Crippen molar-refractivity contribution in [3.63, 3.8) is 0 Å². The van der Waals surface area contributed by atoms with Gasteiger partial charge in [0, 0.05) is 25.2 Å². The Labute approximate surface area is 163 Å². The Morgan fingerprint density at radius 3 is 2.41 bits per heavy atom. The predicted octanol–water partition coefficient (Wildman–Crippen LogP) is 0.879. The number of hydrogen-bond donors (Lipinski definition) is 3. The zero-order chi connectivity index (χ0) is 20.9. The van der Waals surface area contributed by atoms with E-state index in [9.17, 15) is 13.2 Å². The molecule has 27 heavy (non-hydrogen) atoms. The third-order valence-corrected chi connectivity index (χ3v) is 4.55.